The van der Waals surface area contributed by atoms with Crippen molar-refractivity contribution in [2.75, 3.05) is 30.3 Å². The van der Waals surface area contributed by atoms with Crippen LogP contribution in [0.4, 0.5) is 11.4 Å². The number of aromatic amines is 1. The lowest BCUT2D eigenvalue weighted by Crippen LogP contribution is -2.29. The number of carbonyl (C=O) groups excluding carboxylic acids is 1. The van der Waals surface area contributed by atoms with E-state index in [-0.39, 0.29) is 22.3 Å². The Hall–Kier alpha value is -5.54. The predicted octanol–water partition coefficient (Wildman–Crippen LogP) is 7.18. The van der Waals surface area contributed by atoms with E-state index < -0.39 is 10.0 Å². The molecule has 47 heavy (non-hydrogen) atoms. The molecular weight excluding hydrogens is 609 g/mol. The highest BCUT2D eigenvalue weighted by Gasteiger charge is 2.21. The third kappa shape index (κ3) is 7.48. The first kappa shape index (κ1) is 31.4. The highest BCUT2D eigenvalue weighted by atomic mass is 32.2. The number of amides is 1. The molecule has 0 unspecified atom stereocenters. The van der Waals surface area contributed by atoms with Gasteiger partial charge < -0.3 is 19.9 Å². The maximum Gasteiger partial charge on any atom is 0.261 e. The Morgan fingerprint density at radius 3 is 2.30 bits per heavy atom. The van der Waals surface area contributed by atoms with Gasteiger partial charge in [-0.2, -0.15) is 0 Å². The number of ether oxygens (including phenoxy) is 1. The van der Waals surface area contributed by atoms with Gasteiger partial charge in [0.2, 0.25) is 0 Å². The summed E-state index contributed by atoms with van der Waals surface area (Å²) in [5.74, 6) is 0.117. The number of nitrogens with zero attached hydrogens (tertiary/aromatic N) is 1. The van der Waals surface area contributed by atoms with Crippen LogP contribution in [0.25, 0.3) is 10.9 Å². The molecule has 6 rings (SSSR count). The standard InChI is InChI=1S/C38H36N4O4S/c1-42(2)31-19-15-28(16-20-31)35(36-25-39-37-14-7-6-13-34(36)37)24-40-38(43)29-11-8-12-33(23-29)47(44,45)41-30-17-21-32(22-18-30)46-26-27-9-4-3-5-10-27/h3-23,25,35,39,41H,24,26H2,1-2H3,(H,40,43)/t35-/m0/s1. The number of fused-ring (bicyclic) bond motifs is 1. The molecule has 1 heterocycles. The molecule has 0 fully saturated rings. The number of H-pyrrole nitrogens is 1. The van der Waals surface area contributed by atoms with Crippen molar-refractivity contribution in [2.45, 2.75) is 17.4 Å². The monoisotopic (exact) mass is 644 g/mol. The molecule has 0 saturated heterocycles. The van der Waals surface area contributed by atoms with Gasteiger partial charge in [-0.15, -0.1) is 0 Å². The molecule has 1 atom stereocenters. The molecule has 0 radical (unpaired) electrons. The van der Waals surface area contributed by atoms with E-state index in [0.717, 1.165) is 33.3 Å². The number of para-hydroxylation sites is 1. The summed E-state index contributed by atoms with van der Waals surface area (Å²) in [6.07, 6.45) is 1.99. The molecule has 3 N–H and O–H groups in total. The van der Waals surface area contributed by atoms with Gasteiger partial charge in [0.25, 0.3) is 15.9 Å². The Kier molecular flexibility index (Phi) is 9.26. The zero-order valence-corrected chi connectivity index (χ0v) is 27.0. The van der Waals surface area contributed by atoms with E-state index in [1.165, 1.54) is 12.1 Å². The molecule has 0 spiro atoms. The minimum atomic E-state index is -3.96. The zero-order valence-electron chi connectivity index (χ0n) is 26.2. The second kappa shape index (κ2) is 13.8. The number of aromatic nitrogens is 1. The molecule has 1 amide bonds. The maximum absolute atomic E-state index is 13.4. The highest BCUT2D eigenvalue weighted by Crippen LogP contribution is 2.31. The summed E-state index contributed by atoms with van der Waals surface area (Å²) in [5, 5.41) is 4.14. The quantitative estimate of drug-likeness (QED) is 0.131. The van der Waals surface area contributed by atoms with Crippen LogP contribution >= 0.6 is 0 Å². The summed E-state index contributed by atoms with van der Waals surface area (Å²) in [5.41, 5.74) is 5.88. The minimum absolute atomic E-state index is 0.0120. The van der Waals surface area contributed by atoms with Gasteiger partial charge in [-0.3, -0.25) is 9.52 Å². The second-order valence-corrected chi connectivity index (χ2v) is 13.2. The van der Waals surface area contributed by atoms with Crippen molar-refractivity contribution in [1.82, 2.24) is 10.3 Å². The van der Waals surface area contributed by atoms with Crippen LogP contribution in [0.15, 0.2) is 138 Å². The van der Waals surface area contributed by atoms with Crippen LogP contribution in [0.1, 0.15) is 33.0 Å². The number of benzene rings is 5. The first-order chi connectivity index (χ1) is 22.8. The van der Waals surface area contributed by atoms with E-state index in [0.29, 0.717) is 24.6 Å². The van der Waals surface area contributed by atoms with Gasteiger partial charge in [0, 0.05) is 60.6 Å². The molecular formula is C38H36N4O4S. The molecule has 8 nitrogen and oxygen atoms in total. The van der Waals surface area contributed by atoms with Crippen LogP contribution in [0.3, 0.4) is 0 Å². The highest BCUT2D eigenvalue weighted by molar-refractivity contribution is 7.92. The van der Waals surface area contributed by atoms with Crippen LogP contribution in [0.2, 0.25) is 0 Å². The largest absolute Gasteiger partial charge is 0.489 e. The molecule has 238 valence electrons. The van der Waals surface area contributed by atoms with E-state index in [1.807, 2.05) is 73.7 Å². The Bertz CT molecular complexity index is 2070. The molecule has 1 aromatic heterocycles. The van der Waals surface area contributed by atoms with E-state index in [2.05, 4.69) is 45.4 Å². The van der Waals surface area contributed by atoms with Crippen molar-refractivity contribution in [3.05, 3.63) is 156 Å². The fourth-order valence-corrected chi connectivity index (χ4v) is 6.57. The zero-order chi connectivity index (χ0) is 32.8. The number of nitrogens with one attached hydrogen (secondary N) is 3. The number of rotatable bonds is 12. The normalized spacial score (nSPS) is 12.0. The fourth-order valence-electron chi connectivity index (χ4n) is 5.47. The molecule has 0 bridgehead atoms. The topological polar surface area (TPSA) is 104 Å². The molecule has 6 aromatic rings. The van der Waals surface area contributed by atoms with Crippen molar-refractivity contribution in [3.8, 4) is 5.75 Å². The molecule has 5 aromatic carbocycles. The molecule has 0 aliphatic heterocycles. The Morgan fingerprint density at radius 1 is 0.830 bits per heavy atom. The van der Waals surface area contributed by atoms with Crippen LogP contribution in [-0.4, -0.2) is 39.9 Å². The summed E-state index contributed by atoms with van der Waals surface area (Å²) >= 11 is 0. The average Bonchev–Trinajstić information content (AvgIpc) is 3.52. The third-order valence-corrected chi connectivity index (χ3v) is 9.42. The number of anilines is 2. The smallest absolute Gasteiger partial charge is 0.261 e. The van der Waals surface area contributed by atoms with Gasteiger partial charge in [-0.25, -0.2) is 8.42 Å². The molecule has 0 aliphatic carbocycles. The Labute approximate surface area is 275 Å². The summed E-state index contributed by atoms with van der Waals surface area (Å²) in [6, 6.07) is 38.9. The van der Waals surface area contributed by atoms with E-state index in [4.69, 9.17) is 4.74 Å². The Balaban J connectivity index is 1.15. The number of hydrogen-bond acceptors (Lipinski definition) is 5. The summed E-state index contributed by atoms with van der Waals surface area (Å²) in [6.45, 7) is 0.724. The summed E-state index contributed by atoms with van der Waals surface area (Å²) in [4.78, 5) is 18.8. The SMILES string of the molecule is CN(C)c1ccc([C@H](CNC(=O)c2cccc(S(=O)(=O)Nc3ccc(OCc4ccccc4)cc3)c2)c2c[nH]c3ccccc23)cc1. The molecule has 0 saturated carbocycles. The van der Waals surface area contributed by atoms with Gasteiger partial charge in [0.15, 0.2) is 0 Å². The second-order valence-electron chi connectivity index (χ2n) is 11.5. The van der Waals surface area contributed by atoms with Crippen LogP contribution in [0.5, 0.6) is 5.75 Å². The lowest BCUT2D eigenvalue weighted by Gasteiger charge is -2.20. The lowest BCUT2D eigenvalue weighted by molar-refractivity contribution is 0.0952. The van der Waals surface area contributed by atoms with Gasteiger partial charge in [-0.1, -0.05) is 66.7 Å². The first-order valence-electron chi connectivity index (χ1n) is 15.3. The molecule has 0 aliphatic rings. The third-order valence-electron chi connectivity index (χ3n) is 8.04. The van der Waals surface area contributed by atoms with Gasteiger partial charge in [0.1, 0.15) is 12.4 Å². The summed E-state index contributed by atoms with van der Waals surface area (Å²) < 4.78 is 35.0. The number of sulfonamides is 1. The predicted molar refractivity (Wildman–Crippen MR) is 188 cm³/mol. The van der Waals surface area contributed by atoms with Gasteiger partial charge >= 0.3 is 0 Å². The van der Waals surface area contributed by atoms with E-state index in [1.54, 1.807) is 36.4 Å². The van der Waals surface area contributed by atoms with E-state index in [9.17, 15) is 13.2 Å². The van der Waals surface area contributed by atoms with E-state index >= 15 is 0 Å². The number of carbonyl (C=O) groups is 1. The first-order valence-corrected chi connectivity index (χ1v) is 16.8. The maximum atomic E-state index is 13.4. The minimum Gasteiger partial charge on any atom is -0.489 e. The molecule has 9 heteroatoms. The lowest BCUT2D eigenvalue weighted by atomic mass is 9.90. The summed E-state index contributed by atoms with van der Waals surface area (Å²) in [7, 11) is 0.0286. The van der Waals surface area contributed by atoms with Crippen LogP contribution in [0, 0.1) is 0 Å². The average molecular weight is 645 g/mol. The van der Waals surface area contributed by atoms with Gasteiger partial charge in [0.05, 0.1) is 4.90 Å². The van der Waals surface area contributed by atoms with Crippen molar-refractivity contribution >= 4 is 38.2 Å². The number of hydrogen-bond donors (Lipinski definition) is 3. The van der Waals surface area contributed by atoms with Crippen molar-refractivity contribution in [2.24, 2.45) is 0 Å². The van der Waals surface area contributed by atoms with Gasteiger partial charge in [-0.05, 0) is 77.4 Å². The van der Waals surface area contributed by atoms with Crippen molar-refractivity contribution in [1.29, 1.82) is 0 Å². The van der Waals surface area contributed by atoms with Crippen LogP contribution in [-0.2, 0) is 16.6 Å². The Morgan fingerprint density at radius 2 is 1.55 bits per heavy atom. The van der Waals surface area contributed by atoms with Crippen LogP contribution < -0.4 is 19.7 Å². The fraction of sp³-hybridized carbons (Fsp3) is 0.132. The van der Waals surface area contributed by atoms with Crippen molar-refractivity contribution < 1.29 is 17.9 Å². The van der Waals surface area contributed by atoms with Crippen molar-refractivity contribution in [3.63, 3.8) is 0 Å².